The maximum absolute atomic E-state index is 4.63. The highest BCUT2D eigenvalue weighted by atomic mass is 15.3. The molecule has 0 amide bonds. The van der Waals surface area contributed by atoms with Crippen LogP contribution in [0.5, 0.6) is 0 Å². The van der Waals surface area contributed by atoms with E-state index in [1.807, 2.05) is 0 Å². The smallest absolute Gasteiger partial charge is 0.0547 e. The van der Waals surface area contributed by atoms with E-state index in [1.165, 1.54) is 11.3 Å². The largest absolute Gasteiger partial charge is 0.297 e. The number of aryl methyl sites for hydroxylation is 1. The van der Waals surface area contributed by atoms with E-state index < -0.39 is 0 Å². The van der Waals surface area contributed by atoms with Crippen molar-refractivity contribution in [3.63, 3.8) is 0 Å². The van der Waals surface area contributed by atoms with Gasteiger partial charge in [-0.15, -0.1) is 0 Å². The molecule has 0 radical (unpaired) electrons. The molecule has 21 heavy (non-hydrogen) atoms. The monoisotopic (exact) mass is 281 g/mol. The third kappa shape index (κ3) is 3.49. The molecule has 3 rings (SSSR count). The molecule has 1 aromatic heterocycles. The van der Waals surface area contributed by atoms with Crippen molar-refractivity contribution in [2.24, 2.45) is 0 Å². The Balaban J connectivity index is 1.71. The summed E-state index contributed by atoms with van der Waals surface area (Å²) in [6.45, 7) is 6.27. The van der Waals surface area contributed by atoms with Gasteiger partial charge in [0.2, 0.25) is 0 Å². The maximum atomic E-state index is 4.63. The normalized spacial score (nSPS) is 20.6. The van der Waals surface area contributed by atoms with Gasteiger partial charge in [-0.25, -0.2) is 0 Å². The first kappa shape index (κ1) is 14.2. The van der Waals surface area contributed by atoms with Gasteiger partial charge in [-0.3, -0.25) is 14.8 Å². The number of aromatic nitrogens is 1. The predicted octanol–water partition coefficient (Wildman–Crippen LogP) is 2.88. The molecule has 1 aliphatic rings. The molecule has 1 unspecified atom stereocenters. The zero-order valence-corrected chi connectivity index (χ0v) is 12.9. The Hall–Kier alpha value is -1.71. The summed E-state index contributed by atoms with van der Waals surface area (Å²) in [6, 6.07) is 17.6. The van der Waals surface area contributed by atoms with Crippen molar-refractivity contribution in [1.82, 2.24) is 14.8 Å². The number of nitrogens with zero attached hydrogens (tertiary/aromatic N) is 3. The van der Waals surface area contributed by atoms with Crippen LogP contribution in [-0.4, -0.2) is 41.5 Å². The van der Waals surface area contributed by atoms with Crippen LogP contribution in [0, 0.1) is 6.92 Å². The van der Waals surface area contributed by atoms with E-state index in [4.69, 9.17) is 0 Å². The average Bonchev–Trinajstić information content (AvgIpc) is 2.50. The highest BCUT2D eigenvalue weighted by Gasteiger charge is 2.25. The number of pyridine rings is 1. The van der Waals surface area contributed by atoms with E-state index in [0.29, 0.717) is 6.04 Å². The van der Waals surface area contributed by atoms with Crippen molar-refractivity contribution < 1.29 is 0 Å². The van der Waals surface area contributed by atoms with Crippen molar-refractivity contribution in [2.45, 2.75) is 19.5 Å². The van der Waals surface area contributed by atoms with Gasteiger partial charge >= 0.3 is 0 Å². The Morgan fingerprint density at radius 1 is 1.05 bits per heavy atom. The molecule has 1 fully saturated rings. The van der Waals surface area contributed by atoms with Crippen LogP contribution >= 0.6 is 0 Å². The quantitative estimate of drug-likeness (QED) is 0.862. The number of benzene rings is 1. The third-order valence-electron chi connectivity index (χ3n) is 4.25. The zero-order valence-electron chi connectivity index (χ0n) is 12.9. The highest BCUT2D eigenvalue weighted by molar-refractivity contribution is 5.20. The molecule has 0 saturated carbocycles. The minimum atomic E-state index is 0.477. The third-order valence-corrected chi connectivity index (χ3v) is 4.25. The molecular formula is C18H23N3. The lowest BCUT2D eigenvalue weighted by molar-refractivity contribution is 0.0896. The lowest BCUT2D eigenvalue weighted by Gasteiger charge is -2.39. The van der Waals surface area contributed by atoms with Crippen LogP contribution in [0.4, 0.5) is 0 Å². The van der Waals surface area contributed by atoms with Crippen LogP contribution in [0.2, 0.25) is 0 Å². The lowest BCUT2D eigenvalue weighted by atomic mass is 10.0. The molecule has 2 heterocycles. The molecule has 0 bridgehead atoms. The molecule has 3 heteroatoms. The summed E-state index contributed by atoms with van der Waals surface area (Å²) in [5, 5.41) is 0. The van der Waals surface area contributed by atoms with Crippen LogP contribution in [0.1, 0.15) is 23.0 Å². The van der Waals surface area contributed by atoms with Crippen molar-refractivity contribution in [1.29, 1.82) is 0 Å². The topological polar surface area (TPSA) is 19.4 Å². The summed E-state index contributed by atoms with van der Waals surface area (Å²) < 4.78 is 0. The van der Waals surface area contributed by atoms with E-state index in [-0.39, 0.29) is 0 Å². The van der Waals surface area contributed by atoms with E-state index in [1.54, 1.807) is 0 Å². The maximum Gasteiger partial charge on any atom is 0.0547 e. The van der Waals surface area contributed by atoms with Gasteiger partial charge in [0.15, 0.2) is 0 Å². The fourth-order valence-electron chi connectivity index (χ4n) is 3.03. The molecule has 0 N–H and O–H groups in total. The summed E-state index contributed by atoms with van der Waals surface area (Å²) in [4.78, 5) is 9.60. The summed E-state index contributed by atoms with van der Waals surface area (Å²) >= 11 is 0. The second-order valence-electron chi connectivity index (χ2n) is 5.91. The first-order valence-corrected chi connectivity index (χ1v) is 7.62. The number of piperazine rings is 1. The number of hydrogen-bond acceptors (Lipinski definition) is 3. The van der Waals surface area contributed by atoms with Crippen molar-refractivity contribution in [3.05, 3.63) is 65.5 Å². The second-order valence-corrected chi connectivity index (χ2v) is 5.91. The van der Waals surface area contributed by atoms with Gasteiger partial charge in [0.1, 0.15) is 0 Å². The molecule has 2 aromatic rings. The van der Waals surface area contributed by atoms with Crippen molar-refractivity contribution in [3.8, 4) is 0 Å². The van der Waals surface area contributed by atoms with Crippen LogP contribution in [0.3, 0.4) is 0 Å². The van der Waals surface area contributed by atoms with Crippen molar-refractivity contribution >= 4 is 0 Å². The van der Waals surface area contributed by atoms with Gasteiger partial charge in [0.25, 0.3) is 0 Å². The molecule has 1 aliphatic heterocycles. The van der Waals surface area contributed by atoms with Gasteiger partial charge < -0.3 is 0 Å². The van der Waals surface area contributed by atoms with Crippen molar-refractivity contribution in [2.75, 3.05) is 26.7 Å². The van der Waals surface area contributed by atoms with E-state index in [2.05, 4.69) is 77.3 Å². The zero-order chi connectivity index (χ0) is 14.7. The average molecular weight is 281 g/mol. The minimum Gasteiger partial charge on any atom is -0.297 e. The first-order chi connectivity index (χ1) is 10.2. The highest BCUT2D eigenvalue weighted by Crippen LogP contribution is 2.24. The van der Waals surface area contributed by atoms with Gasteiger partial charge in [-0.05, 0) is 31.7 Å². The molecular weight excluding hydrogens is 258 g/mol. The minimum absolute atomic E-state index is 0.477. The fraction of sp³-hybridized carbons (Fsp3) is 0.389. The number of hydrogen-bond donors (Lipinski definition) is 0. The molecule has 1 aromatic carbocycles. The summed E-state index contributed by atoms with van der Waals surface area (Å²) in [5.74, 6) is 0. The standard InChI is InChI=1S/C18H23N3/c1-15-7-6-10-17(19-15)13-21-12-11-20(2)18(14-21)16-8-4-3-5-9-16/h3-10,18H,11-14H2,1-2H3. The van der Waals surface area contributed by atoms with E-state index >= 15 is 0 Å². The summed E-state index contributed by atoms with van der Waals surface area (Å²) in [6.07, 6.45) is 0. The van der Waals surface area contributed by atoms with E-state index in [0.717, 1.165) is 31.9 Å². The Bertz CT molecular complexity index is 582. The number of rotatable bonds is 3. The molecule has 3 nitrogen and oxygen atoms in total. The number of likely N-dealkylation sites (N-methyl/N-ethyl adjacent to an activating group) is 1. The summed E-state index contributed by atoms with van der Waals surface area (Å²) in [7, 11) is 2.22. The van der Waals surface area contributed by atoms with Gasteiger partial charge in [0, 0.05) is 37.9 Å². The Morgan fingerprint density at radius 3 is 2.62 bits per heavy atom. The van der Waals surface area contributed by atoms with Crippen LogP contribution in [-0.2, 0) is 6.54 Å². The Morgan fingerprint density at radius 2 is 1.86 bits per heavy atom. The lowest BCUT2D eigenvalue weighted by Crippen LogP contribution is -2.46. The first-order valence-electron chi connectivity index (χ1n) is 7.62. The van der Waals surface area contributed by atoms with Gasteiger partial charge in [0.05, 0.1) is 5.69 Å². The van der Waals surface area contributed by atoms with Gasteiger partial charge in [-0.1, -0.05) is 36.4 Å². The molecule has 1 saturated heterocycles. The predicted molar refractivity (Wildman–Crippen MR) is 86.1 cm³/mol. The Kier molecular flexibility index (Phi) is 4.32. The van der Waals surface area contributed by atoms with Crippen LogP contribution < -0.4 is 0 Å². The van der Waals surface area contributed by atoms with Crippen LogP contribution in [0.15, 0.2) is 48.5 Å². The molecule has 110 valence electrons. The molecule has 0 spiro atoms. The second kappa shape index (κ2) is 6.37. The molecule has 0 aliphatic carbocycles. The van der Waals surface area contributed by atoms with Gasteiger partial charge in [-0.2, -0.15) is 0 Å². The fourth-order valence-corrected chi connectivity index (χ4v) is 3.03. The van der Waals surface area contributed by atoms with Crippen LogP contribution in [0.25, 0.3) is 0 Å². The molecule has 1 atom stereocenters. The Labute approximate surface area is 127 Å². The van der Waals surface area contributed by atoms with E-state index in [9.17, 15) is 0 Å². The SMILES string of the molecule is Cc1cccc(CN2CCN(C)C(c3ccccc3)C2)n1. The summed E-state index contributed by atoms with van der Waals surface area (Å²) in [5.41, 5.74) is 3.68.